The molecule has 1 atom stereocenters. The number of ketones is 1. The van der Waals surface area contributed by atoms with E-state index in [0.717, 1.165) is 24.3 Å². The average molecular weight is 661 g/mol. The van der Waals surface area contributed by atoms with Crippen molar-refractivity contribution in [3.63, 3.8) is 0 Å². The number of anilines is 1. The number of ether oxygens (including phenoxy) is 3. The average Bonchev–Trinajstić information content (AvgIpc) is 3.41. The largest absolute Gasteiger partial charge is 0.573 e. The molecule has 2 heterocycles. The van der Waals surface area contributed by atoms with Gasteiger partial charge in [0, 0.05) is 31.2 Å². The SMILES string of the molecule is CC(C)(C)OC(=O)NN1CSC2=C1C(=O)C(Cc1ccc(OC(F)(F)F)cc1)C=C2C(=O)NCc1ccc(N2CCOCC2)cc1. The van der Waals surface area contributed by atoms with Crippen LogP contribution in [0.4, 0.5) is 23.7 Å². The number of hydrogen-bond donors (Lipinski definition) is 2. The lowest BCUT2D eigenvalue weighted by molar-refractivity contribution is -0.274. The Labute approximate surface area is 268 Å². The highest BCUT2D eigenvalue weighted by Gasteiger charge is 2.41. The van der Waals surface area contributed by atoms with Crippen molar-refractivity contribution in [2.45, 2.75) is 45.7 Å². The van der Waals surface area contributed by atoms with E-state index in [1.165, 1.54) is 41.0 Å². The van der Waals surface area contributed by atoms with E-state index in [1.54, 1.807) is 26.8 Å². The molecule has 46 heavy (non-hydrogen) atoms. The highest BCUT2D eigenvalue weighted by atomic mass is 32.2. The van der Waals surface area contributed by atoms with Crippen LogP contribution in [0.1, 0.15) is 31.9 Å². The third-order valence-electron chi connectivity index (χ3n) is 7.25. The summed E-state index contributed by atoms with van der Waals surface area (Å²) >= 11 is 1.24. The Morgan fingerprint density at radius 2 is 1.65 bits per heavy atom. The van der Waals surface area contributed by atoms with Gasteiger partial charge in [-0.25, -0.2) is 10.2 Å². The standard InChI is InChI=1S/C32H35F3N4O6S/c1-31(2,3)45-30(42)37-39-19-46-28-25(29(41)36-18-21-4-8-23(9-5-21)38-12-14-43-15-13-38)17-22(27(40)26(28)39)16-20-6-10-24(11-7-20)44-32(33,34)35/h4-11,17,22H,12-16,18-19H2,1-3H3,(H,36,41)(H,37,42). The van der Waals surface area contributed by atoms with Gasteiger partial charge in [-0.1, -0.05) is 42.1 Å². The number of nitrogens with one attached hydrogen (secondary N) is 2. The summed E-state index contributed by atoms with van der Waals surface area (Å²) in [5.74, 6) is -1.79. The van der Waals surface area contributed by atoms with E-state index >= 15 is 0 Å². The number of Topliss-reactive ketones (excluding diaryl/α,β-unsaturated/α-hetero) is 1. The van der Waals surface area contributed by atoms with Crippen LogP contribution in [-0.2, 0) is 32.0 Å². The van der Waals surface area contributed by atoms with Crippen LogP contribution in [0.15, 0.2) is 70.8 Å². The first-order valence-corrected chi connectivity index (χ1v) is 15.7. The van der Waals surface area contributed by atoms with Crippen molar-refractivity contribution in [2.24, 2.45) is 5.92 Å². The minimum absolute atomic E-state index is 0.104. The fraction of sp³-hybridized carbons (Fsp3) is 0.406. The van der Waals surface area contributed by atoms with Gasteiger partial charge in [-0.05, 0) is 62.6 Å². The van der Waals surface area contributed by atoms with E-state index in [-0.39, 0.29) is 41.6 Å². The molecule has 3 aliphatic rings. The summed E-state index contributed by atoms with van der Waals surface area (Å²) in [4.78, 5) is 42.6. The Morgan fingerprint density at radius 1 is 1.00 bits per heavy atom. The predicted octanol–water partition coefficient (Wildman–Crippen LogP) is 5.06. The van der Waals surface area contributed by atoms with Crippen LogP contribution in [0.25, 0.3) is 0 Å². The van der Waals surface area contributed by atoms with Crippen LogP contribution in [0.2, 0.25) is 0 Å². The normalized spacial score (nSPS) is 18.6. The summed E-state index contributed by atoms with van der Waals surface area (Å²) in [7, 11) is 0. The zero-order valence-electron chi connectivity index (χ0n) is 25.6. The molecule has 1 fully saturated rings. The highest BCUT2D eigenvalue weighted by molar-refractivity contribution is 8.03. The topological polar surface area (TPSA) is 109 Å². The van der Waals surface area contributed by atoms with E-state index in [0.29, 0.717) is 23.7 Å². The summed E-state index contributed by atoms with van der Waals surface area (Å²) < 4.78 is 52.6. The Hall–Kier alpha value is -4.17. The van der Waals surface area contributed by atoms with Gasteiger partial charge in [0.2, 0.25) is 0 Å². The van der Waals surface area contributed by atoms with Gasteiger partial charge in [0.1, 0.15) is 17.0 Å². The maximum Gasteiger partial charge on any atom is 0.573 e. The summed E-state index contributed by atoms with van der Waals surface area (Å²) in [6, 6.07) is 13.1. The van der Waals surface area contributed by atoms with Crippen molar-refractivity contribution < 1.29 is 41.8 Å². The molecular weight excluding hydrogens is 625 g/mol. The number of hydrogen-bond acceptors (Lipinski definition) is 9. The van der Waals surface area contributed by atoms with Crippen LogP contribution in [0.3, 0.4) is 0 Å². The van der Waals surface area contributed by atoms with E-state index in [4.69, 9.17) is 9.47 Å². The molecule has 1 saturated heterocycles. The molecule has 10 nitrogen and oxygen atoms in total. The van der Waals surface area contributed by atoms with Crippen LogP contribution in [0.5, 0.6) is 5.75 Å². The van der Waals surface area contributed by atoms with Gasteiger partial charge in [-0.2, -0.15) is 0 Å². The summed E-state index contributed by atoms with van der Waals surface area (Å²) in [6.07, 6.45) is -3.90. The van der Waals surface area contributed by atoms with Crippen LogP contribution in [-0.4, -0.2) is 66.9 Å². The molecule has 1 unspecified atom stereocenters. The molecule has 2 aliphatic heterocycles. The molecule has 2 aromatic rings. The van der Waals surface area contributed by atoms with Crippen molar-refractivity contribution in [1.82, 2.24) is 15.8 Å². The number of carbonyl (C=O) groups is 3. The minimum Gasteiger partial charge on any atom is -0.443 e. The van der Waals surface area contributed by atoms with Crippen LogP contribution >= 0.6 is 11.8 Å². The van der Waals surface area contributed by atoms with Gasteiger partial charge in [-0.15, -0.1) is 13.2 Å². The molecule has 2 amide bonds. The molecule has 5 rings (SSSR count). The number of morpholine rings is 1. The highest BCUT2D eigenvalue weighted by Crippen LogP contribution is 2.42. The second-order valence-corrected chi connectivity index (χ2v) is 12.8. The van der Waals surface area contributed by atoms with Crippen molar-refractivity contribution >= 4 is 35.2 Å². The number of rotatable bonds is 8. The summed E-state index contributed by atoms with van der Waals surface area (Å²) in [5.41, 5.74) is 4.78. The quantitative estimate of drug-likeness (QED) is 0.402. The number of halogens is 3. The van der Waals surface area contributed by atoms with Crippen LogP contribution in [0, 0.1) is 5.92 Å². The lowest BCUT2D eigenvalue weighted by atomic mass is 9.86. The first-order valence-electron chi connectivity index (χ1n) is 14.7. The Balaban J connectivity index is 1.34. The van der Waals surface area contributed by atoms with Crippen molar-refractivity contribution in [3.8, 4) is 5.75 Å². The molecule has 0 saturated carbocycles. The van der Waals surface area contributed by atoms with E-state index in [2.05, 4.69) is 20.4 Å². The summed E-state index contributed by atoms with van der Waals surface area (Å²) in [5, 5.41) is 4.31. The zero-order chi connectivity index (χ0) is 33.1. The van der Waals surface area contributed by atoms with E-state index in [9.17, 15) is 27.6 Å². The number of benzene rings is 2. The number of alkyl halides is 3. The lowest BCUT2D eigenvalue weighted by Crippen LogP contribution is -2.45. The minimum atomic E-state index is -4.83. The van der Waals surface area contributed by atoms with Gasteiger partial charge >= 0.3 is 12.5 Å². The third-order valence-corrected chi connectivity index (χ3v) is 8.34. The van der Waals surface area contributed by atoms with Crippen molar-refractivity contribution in [2.75, 3.05) is 37.1 Å². The van der Waals surface area contributed by atoms with Gasteiger partial charge in [0.25, 0.3) is 5.91 Å². The van der Waals surface area contributed by atoms with Crippen LogP contribution < -0.4 is 20.4 Å². The predicted molar refractivity (Wildman–Crippen MR) is 165 cm³/mol. The smallest absolute Gasteiger partial charge is 0.443 e. The molecule has 0 spiro atoms. The van der Waals surface area contributed by atoms with Gasteiger partial charge in [-0.3, -0.25) is 14.6 Å². The van der Waals surface area contributed by atoms with Crippen molar-refractivity contribution in [3.05, 3.63) is 81.9 Å². The maximum absolute atomic E-state index is 13.8. The van der Waals surface area contributed by atoms with Gasteiger partial charge in [0.05, 0.1) is 29.6 Å². The number of amides is 2. The number of carbonyl (C=O) groups excluding carboxylic acids is 3. The maximum atomic E-state index is 13.8. The fourth-order valence-electron chi connectivity index (χ4n) is 5.20. The number of nitrogens with zero attached hydrogens (tertiary/aromatic N) is 2. The number of allylic oxidation sites excluding steroid dienone is 2. The third kappa shape index (κ3) is 8.55. The van der Waals surface area contributed by atoms with E-state index in [1.807, 2.05) is 24.3 Å². The van der Waals surface area contributed by atoms with E-state index < -0.39 is 29.9 Å². The Kier molecular flexibility index (Phi) is 9.87. The van der Waals surface area contributed by atoms with Gasteiger partial charge < -0.3 is 24.4 Å². The first kappa shape index (κ1) is 33.2. The summed E-state index contributed by atoms with van der Waals surface area (Å²) in [6.45, 7) is 8.35. The first-order chi connectivity index (χ1) is 21.8. The molecule has 2 aromatic carbocycles. The molecular formula is C32H35F3N4O6S. The Bertz CT molecular complexity index is 1510. The fourth-order valence-corrected chi connectivity index (χ4v) is 6.31. The molecule has 0 radical (unpaired) electrons. The molecule has 14 heteroatoms. The number of hydrazine groups is 1. The zero-order valence-corrected chi connectivity index (χ0v) is 26.4. The monoisotopic (exact) mass is 660 g/mol. The Morgan fingerprint density at radius 3 is 2.28 bits per heavy atom. The second-order valence-electron chi connectivity index (χ2n) is 11.9. The lowest BCUT2D eigenvalue weighted by Gasteiger charge is -2.29. The molecule has 2 N–H and O–H groups in total. The number of thioether (sulfide) groups is 1. The second kappa shape index (κ2) is 13.7. The molecule has 0 aromatic heterocycles. The molecule has 1 aliphatic carbocycles. The molecule has 0 bridgehead atoms. The van der Waals surface area contributed by atoms with Gasteiger partial charge in [0.15, 0.2) is 5.78 Å². The molecule has 246 valence electrons. The van der Waals surface area contributed by atoms with Crippen molar-refractivity contribution in [1.29, 1.82) is 0 Å².